The number of aromatic nitrogens is 2. The van der Waals surface area contributed by atoms with Gasteiger partial charge in [-0.1, -0.05) is 66.7 Å². The van der Waals surface area contributed by atoms with Crippen LogP contribution in [0.1, 0.15) is 65.2 Å². The Morgan fingerprint density at radius 3 is 1.82 bits per heavy atom. The number of halogens is 1. The summed E-state index contributed by atoms with van der Waals surface area (Å²) in [6.45, 7) is 9.80. The zero-order chi connectivity index (χ0) is 36.4. The normalized spacial score (nSPS) is 10.9. The van der Waals surface area contributed by atoms with Crippen molar-refractivity contribution in [1.29, 1.82) is 0 Å². The second-order valence-electron chi connectivity index (χ2n) is 12.9. The number of carbonyl (C=O) groups is 2. The number of hydrogen-bond donors (Lipinski definition) is 1. The quantitative estimate of drug-likeness (QED) is 0.179. The fourth-order valence-corrected chi connectivity index (χ4v) is 6.06. The molecule has 6 nitrogen and oxygen atoms in total. The van der Waals surface area contributed by atoms with E-state index in [0.717, 1.165) is 27.8 Å². The van der Waals surface area contributed by atoms with Crippen LogP contribution >= 0.6 is 0 Å². The van der Waals surface area contributed by atoms with Crippen LogP contribution in [0.5, 0.6) is 0 Å². The summed E-state index contributed by atoms with van der Waals surface area (Å²) in [4.78, 5) is 54.3. The first-order valence-corrected chi connectivity index (χ1v) is 16.6. The molecule has 254 valence electrons. The molecule has 0 aliphatic heterocycles. The molecule has 1 N–H and O–H groups in total. The predicted molar refractivity (Wildman–Crippen MR) is 202 cm³/mol. The van der Waals surface area contributed by atoms with Gasteiger partial charge < -0.3 is 9.55 Å². The molecule has 0 unspecified atom stereocenters. The maximum atomic E-state index is 14.6. The highest BCUT2D eigenvalue weighted by Gasteiger charge is 2.19. The topological polar surface area (TPSA) is 89.0 Å². The molecule has 0 aliphatic carbocycles. The van der Waals surface area contributed by atoms with E-state index in [1.165, 1.54) is 6.20 Å². The van der Waals surface area contributed by atoms with E-state index in [0.29, 0.717) is 38.5 Å². The van der Waals surface area contributed by atoms with Crippen LogP contribution in [0.4, 0.5) is 4.39 Å². The van der Waals surface area contributed by atoms with Crippen molar-refractivity contribution in [3.05, 3.63) is 197 Å². The fraction of sp³-hybridized carbons (Fsp3) is 0.136. The molecule has 0 bridgehead atoms. The summed E-state index contributed by atoms with van der Waals surface area (Å²) in [5, 5.41) is 0.979. The van der Waals surface area contributed by atoms with Gasteiger partial charge in [0.25, 0.3) is 0 Å². The third kappa shape index (κ3) is 6.96. The number of rotatable bonds is 6. The van der Waals surface area contributed by atoms with Gasteiger partial charge in [0.2, 0.25) is 10.9 Å². The van der Waals surface area contributed by atoms with Crippen LogP contribution in [-0.4, -0.2) is 21.1 Å². The Morgan fingerprint density at radius 2 is 1.18 bits per heavy atom. The molecular formula is C44H37FN2O4. The van der Waals surface area contributed by atoms with E-state index in [-0.39, 0.29) is 45.9 Å². The minimum absolute atomic E-state index is 0.0880. The second-order valence-corrected chi connectivity index (χ2v) is 12.9. The van der Waals surface area contributed by atoms with Crippen LogP contribution in [0.15, 0.2) is 125 Å². The van der Waals surface area contributed by atoms with Gasteiger partial charge in [-0.05, 0) is 98.8 Å². The zero-order valence-corrected chi connectivity index (χ0v) is 29.1. The summed E-state index contributed by atoms with van der Waals surface area (Å²) in [6, 6.07) is 30.5. The van der Waals surface area contributed by atoms with Gasteiger partial charge in [0.05, 0.1) is 23.2 Å². The first-order valence-electron chi connectivity index (χ1n) is 16.6. The van der Waals surface area contributed by atoms with E-state index in [1.54, 1.807) is 78.4 Å². The lowest BCUT2D eigenvalue weighted by Crippen LogP contribution is -2.20. The Labute approximate surface area is 294 Å². The Balaban J connectivity index is 0.000000187. The molecule has 0 saturated heterocycles. The highest BCUT2D eigenvalue weighted by Crippen LogP contribution is 2.20. The minimum atomic E-state index is -0.327. The fourth-order valence-electron chi connectivity index (χ4n) is 6.06. The number of carbonyl (C=O) groups excluding carboxylic acids is 2. The molecule has 2 heterocycles. The average Bonchev–Trinajstić information content (AvgIpc) is 3.13. The van der Waals surface area contributed by atoms with Gasteiger partial charge in [0, 0.05) is 45.4 Å². The van der Waals surface area contributed by atoms with Crippen LogP contribution in [-0.2, 0) is 6.54 Å². The molecule has 7 aromatic rings. The number of nitrogens with zero attached hydrogens (tertiary/aromatic N) is 1. The van der Waals surface area contributed by atoms with Gasteiger partial charge in [0.1, 0.15) is 5.82 Å². The number of aryl methyl sites for hydroxylation is 5. The van der Waals surface area contributed by atoms with Crippen molar-refractivity contribution in [2.45, 2.75) is 41.2 Å². The van der Waals surface area contributed by atoms with E-state index < -0.39 is 0 Å². The first-order chi connectivity index (χ1) is 24.4. The molecule has 7 heteroatoms. The molecule has 51 heavy (non-hydrogen) atoms. The van der Waals surface area contributed by atoms with Crippen molar-refractivity contribution in [2.24, 2.45) is 0 Å². The maximum absolute atomic E-state index is 14.6. The number of benzene rings is 5. The number of hydrogen-bond acceptors (Lipinski definition) is 4. The zero-order valence-electron chi connectivity index (χ0n) is 29.1. The molecule has 0 radical (unpaired) electrons. The average molecular weight is 677 g/mol. The maximum Gasteiger partial charge on any atom is 0.200 e. The molecule has 0 saturated carbocycles. The van der Waals surface area contributed by atoms with Crippen molar-refractivity contribution in [2.75, 3.05) is 0 Å². The van der Waals surface area contributed by atoms with Crippen LogP contribution in [0, 0.1) is 40.4 Å². The van der Waals surface area contributed by atoms with Crippen LogP contribution < -0.4 is 10.9 Å². The van der Waals surface area contributed by atoms with Crippen LogP contribution in [0.2, 0.25) is 0 Å². The SMILES string of the molecule is Cc1ccc(C(=O)c2c[nH]c3ccccc3c2=O)cc1C.Cc1ccc(C(=O)c2cn(Cc3cccc(C)c3F)c3ccccc3c2=O)cc1C. The number of aromatic amines is 1. The molecule has 0 spiro atoms. The van der Waals surface area contributed by atoms with Gasteiger partial charge in [-0.2, -0.15) is 0 Å². The molecule has 0 atom stereocenters. The molecule has 0 aliphatic rings. The summed E-state index contributed by atoms with van der Waals surface area (Å²) < 4.78 is 16.4. The van der Waals surface area contributed by atoms with Crippen molar-refractivity contribution in [1.82, 2.24) is 9.55 Å². The predicted octanol–water partition coefficient (Wildman–Crippen LogP) is 8.72. The second kappa shape index (κ2) is 14.3. The van der Waals surface area contributed by atoms with E-state index in [2.05, 4.69) is 4.98 Å². The number of fused-ring (bicyclic) bond motifs is 2. The Morgan fingerprint density at radius 1 is 0.608 bits per heavy atom. The third-order valence-electron chi connectivity index (χ3n) is 9.42. The molecule has 5 aromatic carbocycles. The van der Waals surface area contributed by atoms with Crippen LogP contribution in [0.3, 0.4) is 0 Å². The summed E-state index contributed by atoms with van der Waals surface area (Å²) in [5.41, 5.74) is 7.44. The highest BCUT2D eigenvalue weighted by atomic mass is 19.1. The van der Waals surface area contributed by atoms with Gasteiger partial charge >= 0.3 is 0 Å². The largest absolute Gasteiger partial charge is 0.360 e. The van der Waals surface area contributed by atoms with E-state index in [9.17, 15) is 23.6 Å². The number of ketones is 2. The molecular weight excluding hydrogens is 639 g/mol. The van der Waals surface area contributed by atoms with Gasteiger partial charge in [-0.15, -0.1) is 0 Å². The highest BCUT2D eigenvalue weighted by molar-refractivity contribution is 6.11. The van der Waals surface area contributed by atoms with Crippen molar-refractivity contribution in [3.8, 4) is 0 Å². The standard InChI is InChI=1S/C26H22FNO2.C18H15NO2/c1-16-11-12-19(13-18(16)3)25(29)22-15-28(14-20-8-6-7-17(2)24(20)27)23-10-5-4-9-21(23)26(22)30;1-11-7-8-13(9-12(11)2)17(20)15-10-19-16-6-4-3-5-14(16)18(15)21/h4-13,15H,14H2,1-3H3;3-10H,1-2H3,(H,19,21). The van der Waals surface area contributed by atoms with Crippen molar-refractivity contribution < 1.29 is 14.0 Å². The van der Waals surface area contributed by atoms with Crippen molar-refractivity contribution >= 4 is 33.4 Å². The van der Waals surface area contributed by atoms with Gasteiger partial charge in [-0.3, -0.25) is 19.2 Å². The molecule has 0 amide bonds. The lowest BCUT2D eigenvalue weighted by atomic mass is 9.98. The summed E-state index contributed by atoms with van der Waals surface area (Å²) in [6.07, 6.45) is 3.06. The molecule has 2 aromatic heterocycles. The monoisotopic (exact) mass is 676 g/mol. The van der Waals surface area contributed by atoms with Gasteiger partial charge in [-0.25, -0.2) is 4.39 Å². The lowest BCUT2D eigenvalue weighted by molar-refractivity contribution is 0.102. The van der Waals surface area contributed by atoms with E-state index >= 15 is 0 Å². The molecule has 0 fully saturated rings. The third-order valence-corrected chi connectivity index (χ3v) is 9.42. The van der Waals surface area contributed by atoms with E-state index in [4.69, 9.17) is 0 Å². The number of pyridine rings is 2. The molecule has 7 rings (SSSR count). The van der Waals surface area contributed by atoms with Crippen LogP contribution in [0.25, 0.3) is 21.8 Å². The lowest BCUT2D eigenvalue weighted by Gasteiger charge is -2.15. The smallest absolute Gasteiger partial charge is 0.200 e. The Bertz CT molecular complexity index is 2620. The Hall–Kier alpha value is -6.21. The number of H-pyrrole nitrogens is 1. The summed E-state index contributed by atoms with van der Waals surface area (Å²) in [5.74, 6) is -0.847. The van der Waals surface area contributed by atoms with Crippen molar-refractivity contribution in [3.63, 3.8) is 0 Å². The van der Waals surface area contributed by atoms with E-state index in [1.807, 2.05) is 70.2 Å². The summed E-state index contributed by atoms with van der Waals surface area (Å²) in [7, 11) is 0. The van der Waals surface area contributed by atoms with Gasteiger partial charge in [0.15, 0.2) is 11.6 Å². The number of nitrogens with one attached hydrogen (secondary N) is 1. The minimum Gasteiger partial charge on any atom is -0.360 e. The summed E-state index contributed by atoms with van der Waals surface area (Å²) >= 11 is 0. The number of para-hydroxylation sites is 2. The Kier molecular flexibility index (Phi) is 9.74. The first kappa shape index (κ1) is 34.6.